The maximum atomic E-state index is 12.9. The molecule has 0 radical (unpaired) electrons. The van der Waals surface area contributed by atoms with E-state index in [2.05, 4.69) is 9.80 Å². The van der Waals surface area contributed by atoms with Crippen molar-refractivity contribution in [2.45, 2.75) is 13.5 Å². The highest BCUT2D eigenvalue weighted by molar-refractivity contribution is 5.78. The highest BCUT2D eigenvalue weighted by Crippen LogP contribution is 2.31. The predicted molar refractivity (Wildman–Crippen MR) is 115 cm³/mol. The van der Waals surface area contributed by atoms with Crippen molar-refractivity contribution in [3.63, 3.8) is 0 Å². The van der Waals surface area contributed by atoms with Crippen molar-refractivity contribution < 1.29 is 19.4 Å². The molecule has 7 heteroatoms. The summed E-state index contributed by atoms with van der Waals surface area (Å²) in [6.07, 6.45) is 0. The number of carbonyl (C=O) groups excluding carboxylic acids is 1. The molecule has 1 fully saturated rings. The van der Waals surface area contributed by atoms with Gasteiger partial charge < -0.3 is 24.4 Å². The second kappa shape index (κ2) is 9.26. The third-order valence-electron chi connectivity index (χ3n) is 5.66. The summed E-state index contributed by atoms with van der Waals surface area (Å²) >= 11 is 0. The van der Waals surface area contributed by atoms with E-state index in [0.717, 1.165) is 48.9 Å². The molecule has 2 aliphatic rings. The molecule has 0 saturated carbocycles. The summed E-state index contributed by atoms with van der Waals surface area (Å²) in [5, 5.41) is 9.45. The number of hydrogen-bond acceptors (Lipinski definition) is 6. The maximum Gasteiger partial charge on any atom is 0.237 e. The number of rotatable bonds is 6. The quantitative estimate of drug-likeness (QED) is 0.787. The number of aromatic hydroxyl groups is 1. The van der Waals surface area contributed by atoms with Crippen molar-refractivity contribution in [1.82, 2.24) is 9.80 Å². The minimum absolute atomic E-state index is 0.144. The van der Waals surface area contributed by atoms with Gasteiger partial charge >= 0.3 is 0 Å². The smallest absolute Gasteiger partial charge is 0.237 e. The van der Waals surface area contributed by atoms with Gasteiger partial charge in [0.05, 0.1) is 6.54 Å². The van der Waals surface area contributed by atoms with Crippen LogP contribution in [0.1, 0.15) is 12.5 Å². The lowest BCUT2D eigenvalue weighted by Gasteiger charge is -2.36. The van der Waals surface area contributed by atoms with E-state index >= 15 is 0 Å². The predicted octanol–water partition coefficient (Wildman–Crippen LogP) is 2.33. The molecule has 1 amide bonds. The first-order valence-corrected chi connectivity index (χ1v) is 10.5. The van der Waals surface area contributed by atoms with Gasteiger partial charge in [0.1, 0.15) is 19.0 Å². The average molecular weight is 412 g/mol. The molecule has 0 atom stereocenters. The van der Waals surface area contributed by atoms with E-state index in [9.17, 15) is 9.90 Å². The molecule has 30 heavy (non-hydrogen) atoms. The Kier molecular flexibility index (Phi) is 6.28. The van der Waals surface area contributed by atoms with Gasteiger partial charge in [-0.25, -0.2) is 0 Å². The Bertz CT molecular complexity index is 863. The van der Waals surface area contributed by atoms with Crippen molar-refractivity contribution in [3.8, 4) is 17.2 Å². The fourth-order valence-electron chi connectivity index (χ4n) is 3.90. The molecule has 7 nitrogen and oxygen atoms in total. The summed E-state index contributed by atoms with van der Waals surface area (Å²) in [4.78, 5) is 19.3. The second-order valence-electron chi connectivity index (χ2n) is 7.67. The SMILES string of the molecule is CCN(Cc1ccc2c(c1)OCCO2)C(=O)CN1CCN(c2ccc(O)cc2)CC1. The minimum atomic E-state index is 0.144. The molecule has 2 aliphatic heterocycles. The van der Waals surface area contributed by atoms with Crippen LogP contribution in [0.25, 0.3) is 0 Å². The van der Waals surface area contributed by atoms with E-state index in [-0.39, 0.29) is 11.7 Å². The molecular weight excluding hydrogens is 382 g/mol. The van der Waals surface area contributed by atoms with Crippen LogP contribution in [0.15, 0.2) is 42.5 Å². The number of phenols is 1. The molecular formula is C23H29N3O4. The third kappa shape index (κ3) is 4.79. The molecule has 0 bridgehead atoms. The van der Waals surface area contributed by atoms with Crippen molar-refractivity contribution in [1.29, 1.82) is 0 Å². The Hall–Kier alpha value is -2.93. The average Bonchev–Trinajstić information content (AvgIpc) is 2.78. The lowest BCUT2D eigenvalue weighted by atomic mass is 10.1. The van der Waals surface area contributed by atoms with Crippen LogP contribution in [0.5, 0.6) is 17.2 Å². The van der Waals surface area contributed by atoms with Crippen LogP contribution < -0.4 is 14.4 Å². The summed E-state index contributed by atoms with van der Waals surface area (Å²) in [6.45, 7) is 8.23. The van der Waals surface area contributed by atoms with E-state index < -0.39 is 0 Å². The molecule has 1 saturated heterocycles. The molecule has 0 aromatic heterocycles. The molecule has 2 aromatic carbocycles. The Morgan fingerprint density at radius 3 is 2.40 bits per heavy atom. The van der Waals surface area contributed by atoms with Crippen LogP contribution >= 0.6 is 0 Å². The van der Waals surface area contributed by atoms with Gasteiger partial charge in [-0.15, -0.1) is 0 Å². The summed E-state index contributed by atoms with van der Waals surface area (Å²) in [6, 6.07) is 13.2. The number of likely N-dealkylation sites (N-methyl/N-ethyl adjacent to an activating group) is 1. The van der Waals surface area contributed by atoms with Crippen molar-refractivity contribution >= 4 is 11.6 Å². The van der Waals surface area contributed by atoms with Crippen molar-refractivity contribution in [2.75, 3.05) is 57.4 Å². The zero-order chi connectivity index (χ0) is 20.9. The van der Waals surface area contributed by atoms with Gasteiger partial charge in [-0.3, -0.25) is 9.69 Å². The number of phenolic OH excluding ortho intramolecular Hbond substituents is 1. The normalized spacial score (nSPS) is 16.4. The molecule has 160 valence electrons. The van der Waals surface area contributed by atoms with Crippen molar-refractivity contribution in [2.24, 2.45) is 0 Å². The summed E-state index contributed by atoms with van der Waals surface area (Å²) in [5.41, 5.74) is 2.15. The number of hydrogen-bond donors (Lipinski definition) is 1. The highest BCUT2D eigenvalue weighted by atomic mass is 16.6. The number of ether oxygens (including phenoxy) is 2. The Balaban J connectivity index is 1.30. The van der Waals surface area contributed by atoms with Gasteiger partial charge in [-0.1, -0.05) is 6.07 Å². The zero-order valence-corrected chi connectivity index (χ0v) is 17.4. The number of piperazine rings is 1. The summed E-state index contributed by atoms with van der Waals surface area (Å²) in [7, 11) is 0. The number of amides is 1. The van der Waals surface area contributed by atoms with Crippen LogP contribution in [-0.4, -0.2) is 73.3 Å². The molecule has 2 heterocycles. The number of fused-ring (bicyclic) bond motifs is 1. The van der Waals surface area contributed by atoms with Gasteiger partial charge in [-0.05, 0) is 48.9 Å². The summed E-state index contributed by atoms with van der Waals surface area (Å²) < 4.78 is 11.2. The van der Waals surface area contributed by atoms with E-state index in [4.69, 9.17) is 9.47 Å². The van der Waals surface area contributed by atoms with E-state index in [1.54, 1.807) is 12.1 Å². The van der Waals surface area contributed by atoms with Crippen molar-refractivity contribution in [3.05, 3.63) is 48.0 Å². The van der Waals surface area contributed by atoms with Crippen LogP contribution in [0.2, 0.25) is 0 Å². The Morgan fingerprint density at radius 2 is 1.70 bits per heavy atom. The molecule has 4 rings (SSSR count). The van der Waals surface area contributed by atoms with E-state index in [0.29, 0.717) is 32.8 Å². The van der Waals surface area contributed by atoms with Gasteiger partial charge in [0.25, 0.3) is 0 Å². The molecule has 0 unspecified atom stereocenters. The monoisotopic (exact) mass is 411 g/mol. The van der Waals surface area contributed by atoms with Crippen LogP contribution in [0.3, 0.4) is 0 Å². The second-order valence-corrected chi connectivity index (χ2v) is 7.67. The topological polar surface area (TPSA) is 65.5 Å². The van der Waals surface area contributed by atoms with Gasteiger partial charge in [-0.2, -0.15) is 0 Å². The van der Waals surface area contributed by atoms with E-state index in [1.807, 2.05) is 42.2 Å². The lowest BCUT2D eigenvalue weighted by molar-refractivity contribution is -0.132. The Morgan fingerprint density at radius 1 is 1.00 bits per heavy atom. The lowest BCUT2D eigenvalue weighted by Crippen LogP contribution is -2.50. The fourth-order valence-corrected chi connectivity index (χ4v) is 3.90. The van der Waals surface area contributed by atoms with Crippen LogP contribution in [0, 0.1) is 0 Å². The largest absolute Gasteiger partial charge is 0.508 e. The first kappa shape index (κ1) is 20.3. The number of anilines is 1. The standard InChI is InChI=1S/C23H29N3O4/c1-2-25(16-18-3-8-21-22(15-18)30-14-13-29-21)23(28)17-24-9-11-26(12-10-24)19-4-6-20(27)7-5-19/h3-8,15,27H,2,9-14,16-17H2,1H3. The minimum Gasteiger partial charge on any atom is -0.508 e. The fraction of sp³-hybridized carbons (Fsp3) is 0.435. The maximum absolute atomic E-state index is 12.9. The number of nitrogens with zero attached hydrogens (tertiary/aromatic N) is 3. The first-order chi connectivity index (χ1) is 14.6. The molecule has 1 N–H and O–H groups in total. The number of carbonyl (C=O) groups is 1. The van der Waals surface area contributed by atoms with Gasteiger partial charge in [0.15, 0.2) is 11.5 Å². The highest BCUT2D eigenvalue weighted by Gasteiger charge is 2.22. The van der Waals surface area contributed by atoms with Crippen LogP contribution in [0.4, 0.5) is 5.69 Å². The Labute approximate surface area is 177 Å². The van der Waals surface area contributed by atoms with E-state index in [1.165, 1.54) is 0 Å². The number of benzene rings is 2. The van der Waals surface area contributed by atoms with Gasteiger partial charge in [0.2, 0.25) is 5.91 Å². The molecule has 0 spiro atoms. The van der Waals surface area contributed by atoms with Gasteiger partial charge in [0, 0.05) is 45.0 Å². The molecule has 2 aromatic rings. The van der Waals surface area contributed by atoms with Crippen LogP contribution in [-0.2, 0) is 11.3 Å². The molecule has 0 aliphatic carbocycles. The summed E-state index contributed by atoms with van der Waals surface area (Å²) in [5.74, 6) is 1.95. The zero-order valence-electron chi connectivity index (χ0n) is 17.4. The third-order valence-corrected chi connectivity index (χ3v) is 5.66. The first-order valence-electron chi connectivity index (χ1n) is 10.5.